The van der Waals surface area contributed by atoms with E-state index in [1.54, 1.807) is 12.1 Å². The Bertz CT molecular complexity index is 927. The molecule has 2 aliphatic rings. The number of piperazine rings is 1. The van der Waals surface area contributed by atoms with Crippen molar-refractivity contribution >= 4 is 34.8 Å². The molecule has 2 aromatic rings. The molecule has 7 heteroatoms. The first-order chi connectivity index (χ1) is 14.5. The molecule has 0 aromatic heterocycles. The van der Waals surface area contributed by atoms with E-state index in [2.05, 4.69) is 28.1 Å². The molecule has 158 valence electrons. The summed E-state index contributed by atoms with van der Waals surface area (Å²) >= 11 is 6.10. The van der Waals surface area contributed by atoms with Crippen molar-refractivity contribution in [2.75, 3.05) is 49.5 Å². The molecule has 6 nitrogen and oxygen atoms in total. The number of carbonyl (C=O) groups is 2. The van der Waals surface area contributed by atoms with Crippen molar-refractivity contribution in [3.63, 3.8) is 0 Å². The lowest BCUT2D eigenvalue weighted by Crippen LogP contribution is -2.52. The minimum Gasteiger partial charge on any atom is -0.324 e. The summed E-state index contributed by atoms with van der Waals surface area (Å²) in [4.78, 5) is 31.5. The maximum Gasteiger partial charge on any atom is 0.241 e. The van der Waals surface area contributed by atoms with Crippen molar-refractivity contribution in [2.45, 2.75) is 19.4 Å². The lowest BCUT2D eigenvalue weighted by Gasteiger charge is -2.35. The number of rotatable bonds is 5. The van der Waals surface area contributed by atoms with Gasteiger partial charge >= 0.3 is 0 Å². The van der Waals surface area contributed by atoms with Gasteiger partial charge in [-0.05, 0) is 37.1 Å². The van der Waals surface area contributed by atoms with Crippen LogP contribution in [-0.4, -0.2) is 66.9 Å². The summed E-state index contributed by atoms with van der Waals surface area (Å²) in [5.41, 5.74) is 2.92. The van der Waals surface area contributed by atoms with E-state index < -0.39 is 0 Å². The van der Waals surface area contributed by atoms with Crippen LogP contribution in [0.3, 0.4) is 0 Å². The molecule has 0 unspecified atom stereocenters. The molecule has 1 N–H and O–H groups in total. The standard InChI is InChI=1S/C23H27ClN4O2/c1-17-14-18-6-2-5-9-21(18)28(17)23(30)16-27-12-10-26(11-13-27)15-22(29)25-20-8-4-3-7-19(20)24/h2-9,17H,10-16H2,1H3,(H,25,29)/t17-/m0/s1. The van der Waals surface area contributed by atoms with Crippen molar-refractivity contribution < 1.29 is 9.59 Å². The third-order valence-electron chi connectivity index (χ3n) is 5.81. The van der Waals surface area contributed by atoms with Crippen LogP contribution in [0.15, 0.2) is 48.5 Å². The zero-order valence-electron chi connectivity index (χ0n) is 17.2. The van der Waals surface area contributed by atoms with Crippen LogP contribution in [0.25, 0.3) is 0 Å². The Morgan fingerprint density at radius 1 is 0.967 bits per heavy atom. The Morgan fingerprint density at radius 3 is 2.33 bits per heavy atom. The molecule has 0 aliphatic carbocycles. The van der Waals surface area contributed by atoms with Gasteiger partial charge in [-0.15, -0.1) is 0 Å². The van der Waals surface area contributed by atoms with Crippen molar-refractivity contribution in [1.82, 2.24) is 9.80 Å². The number of amides is 2. The molecule has 30 heavy (non-hydrogen) atoms. The first-order valence-electron chi connectivity index (χ1n) is 10.4. The van der Waals surface area contributed by atoms with E-state index in [1.165, 1.54) is 5.56 Å². The van der Waals surface area contributed by atoms with Gasteiger partial charge in [-0.2, -0.15) is 0 Å². The minimum absolute atomic E-state index is 0.0740. The Kier molecular flexibility index (Phi) is 6.37. The monoisotopic (exact) mass is 426 g/mol. The SMILES string of the molecule is C[C@H]1Cc2ccccc2N1C(=O)CN1CCN(CC(=O)Nc2ccccc2Cl)CC1. The van der Waals surface area contributed by atoms with E-state index >= 15 is 0 Å². The molecule has 0 saturated carbocycles. The van der Waals surface area contributed by atoms with Crippen molar-refractivity contribution in [2.24, 2.45) is 0 Å². The summed E-state index contributed by atoms with van der Waals surface area (Å²) in [6.45, 7) is 5.91. The number of halogens is 1. The molecular formula is C23H27ClN4O2. The van der Waals surface area contributed by atoms with Gasteiger partial charge < -0.3 is 10.2 Å². The second-order valence-corrected chi connectivity index (χ2v) is 8.43. The second kappa shape index (κ2) is 9.16. The molecule has 1 fully saturated rings. The van der Waals surface area contributed by atoms with Crippen LogP contribution in [0, 0.1) is 0 Å². The fourth-order valence-corrected chi connectivity index (χ4v) is 4.46. The van der Waals surface area contributed by atoms with Crippen LogP contribution in [0.4, 0.5) is 11.4 Å². The van der Waals surface area contributed by atoms with E-state index in [9.17, 15) is 9.59 Å². The highest BCUT2D eigenvalue weighted by Crippen LogP contribution is 2.31. The Hall–Kier alpha value is -2.41. The predicted octanol–water partition coefficient (Wildman–Crippen LogP) is 2.87. The van der Waals surface area contributed by atoms with Crippen molar-refractivity contribution in [3.8, 4) is 0 Å². The lowest BCUT2D eigenvalue weighted by molar-refractivity contribution is -0.121. The molecule has 1 atom stereocenters. The maximum absolute atomic E-state index is 13.0. The topological polar surface area (TPSA) is 55.9 Å². The summed E-state index contributed by atoms with van der Waals surface area (Å²) in [5.74, 6) is 0.0764. The van der Waals surface area contributed by atoms with Crippen LogP contribution in [0.1, 0.15) is 12.5 Å². The van der Waals surface area contributed by atoms with Gasteiger partial charge in [0.1, 0.15) is 0 Å². The number of nitrogens with zero attached hydrogens (tertiary/aromatic N) is 3. The van der Waals surface area contributed by atoms with Gasteiger partial charge in [-0.25, -0.2) is 0 Å². The largest absolute Gasteiger partial charge is 0.324 e. The average molecular weight is 427 g/mol. The smallest absolute Gasteiger partial charge is 0.241 e. The Labute approximate surface area is 182 Å². The van der Waals surface area contributed by atoms with E-state index in [-0.39, 0.29) is 17.9 Å². The molecular weight excluding hydrogens is 400 g/mol. The summed E-state index contributed by atoms with van der Waals surface area (Å²) in [5, 5.41) is 3.40. The van der Waals surface area contributed by atoms with Crippen LogP contribution in [0.5, 0.6) is 0 Å². The molecule has 0 radical (unpaired) electrons. The van der Waals surface area contributed by atoms with Crippen molar-refractivity contribution in [3.05, 3.63) is 59.1 Å². The van der Waals surface area contributed by atoms with Crippen molar-refractivity contribution in [1.29, 1.82) is 0 Å². The number of anilines is 2. The first kappa shape index (κ1) is 20.8. The molecule has 2 heterocycles. The molecule has 2 aliphatic heterocycles. The van der Waals surface area contributed by atoms with E-state index in [0.717, 1.165) is 38.3 Å². The molecule has 0 bridgehead atoms. The second-order valence-electron chi connectivity index (χ2n) is 8.03. The number of fused-ring (bicyclic) bond motifs is 1. The van der Waals surface area contributed by atoms with Crippen LogP contribution < -0.4 is 10.2 Å². The predicted molar refractivity (Wildman–Crippen MR) is 120 cm³/mol. The minimum atomic E-state index is -0.0740. The number of benzene rings is 2. The maximum atomic E-state index is 13.0. The fourth-order valence-electron chi connectivity index (χ4n) is 4.27. The zero-order chi connectivity index (χ0) is 21.1. The molecule has 2 amide bonds. The zero-order valence-corrected chi connectivity index (χ0v) is 17.9. The first-order valence-corrected chi connectivity index (χ1v) is 10.8. The van der Waals surface area contributed by atoms with Crippen LogP contribution in [0.2, 0.25) is 5.02 Å². The van der Waals surface area contributed by atoms with E-state index in [4.69, 9.17) is 11.6 Å². The quantitative estimate of drug-likeness (QED) is 0.798. The van der Waals surface area contributed by atoms with Gasteiger partial charge in [0.05, 0.1) is 23.8 Å². The molecule has 2 aromatic carbocycles. The van der Waals surface area contributed by atoms with E-state index in [0.29, 0.717) is 23.8 Å². The lowest BCUT2D eigenvalue weighted by atomic mass is 10.1. The highest BCUT2D eigenvalue weighted by Gasteiger charge is 2.32. The van der Waals surface area contributed by atoms with Gasteiger partial charge in [-0.1, -0.05) is 41.9 Å². The third-order valence-corrected chi connectivity index (χ3v) is 6.14. The van der Waals surface area contributed by atoms with Crippen LogP contribution in [-0.2, 0) is 16.0 Å². The normalized spacial score (nSPS) is 19.5. The number of carbonyl (C=O) groups excluding carboxylic acids is 2. The number of nitrogens with one attached hydrogen (secondary N) is 1. The fraction of sp³-hybridized carbons (Fsp3) is 0.391. The van der Waals surface area contributed by atoms with Gasteiger partial charge in [0.15, 0.2) is 0 Å². The summed E-state index contributed by atoms with van der Waals surface area (Å²) < 4.78 is 0. The highest BCUT2D eigenvalue weighted by atomic mass is 35.5. The highest BCUT2D eigenvalue weighted by molar-refractivity contribution is 6.33. The number of para-hydroxylation sites is 2. The number of hydrogen-bond donors (Lipinski definition) is 1. The summed E-state index contributed by atoms with van der Waals surface area (Å²) in [7, 11) is 0. The van der Waals surface area contributed by atoms with Gasteiger partial charge in [0, 0.05) is 37.9 Å². The van der Waals surface area contributed by atoms with Gasteiger partial charge in [0.2, 0.25) is 11.8 Å². The number of hydrogen-bond acceptors (Lipinski definition) is 4. The third kappa shape index (κ3) is 4.67. The summed E-state index contributed by atoms with van der Waals surface area (Å²) in [6, 6.07) is 15.6. The molecule has 1 saturated heterocycles. The van der Waals surface area contributed by atoms with Gasteiger partial charge in [0.25, 0.3) is 0 Å². The average Bonchev–Trinajstić information content (AvgIpc) is 3.07. The summed E-state index contributed by atoms with van der Waals surface area (Å²) in [6.07, 6.45) is 0.913. The Balaban J connectivity index is 1.25. The van der Waals surface area contributed by atoms with Gasteiger partial charge in [-0.3, -0.25) is 19.4 Å². The molecule has 4 rings (SSSR count). The molecule has 0 spiro atoms. The Morgan fingerprint density at radius 2 is 1.60 bits per heavy atom. The van der Waals surface area contributed by atoms with E-state index in [1.807, 2.05) is 35.2 Å². The van der Waals surface area contributed by atoms with Crippen LogP contribution >= 0.6 is 11.6 Å².